The standard InChI is InChI=1S/C18H17NO5/c1-14-5-8-17(9-6-14)23-11-12-24-18(20)10-7-15-3-2-4-16(13-15)19(21)22/h2-10,13H,11-12H2,1H3/b10-7+. The number of rotatable bonds is 7. The molecule has 0 fully saturated rings. The Morgan fingerprint density at radius 1 is 1.17 bits per heavy atom. The fraction of sp³-hybridized carbons (Fsp3) is 0.167. The van der Waals surface area contributed by atoms with E-state index in [0.29, 0.717) is 11.3 Å². The van der Waals surface area contributed by atoms with E-state index in [4.69, 9.17) is 9.47 Å². The summed E-state index contributed by atoms with van der Waals surface area (Å²) in [5.41, 5.74) is 1.66. The lowest BCUT2D eigenvalue weighted by Gasteiger charge is -2.06. The molecule has 6 heteroatoms. The molecule has 0 saturated carbocycles. The molecule has 0 aromatic heterocycles. The van der Waals surface area contributed by atoms with Crippen LogP contribution in [0.15, 0.2) is 54.6 Å². The van der Waals surface area contributed by atoms with Crippen LogP contribution in [-0.2, 0) is 9.53 Å². The third-order valence-electron chi connectivity index (χ3n) is 3.11. The smallest absolute Gasteiger partial charge is 0.330 e. The van der Waals surface area contributed by atoms with Crippen LogP contribution in [0, 0.1) is 17.0 Å². The van der Waals surface area contributed by atoms with Gasteiger partial charge < -0.3 is 9.47 Å². The maximum Gasteiger partial charge on any atom is 0.330 e. The van der Waals surface area contributed by atoms with Gasteiger partial charge in [0, 0.05) is 18.2 Å². The Bertz CT molecular complexity index is 737. The average Bonchev–Trinajstić information content (AvgIpc) is 2.58. The Hall–Kier alpha value is -3.15. The number of carbonyl (C=O) groups is 1. The number of non-ortho nitro benzene ring substituents is 1. The summed E-state index contributed by atoms with van der Waals surface area (Å²) in [6.45, 7) is 2.35. The quantitative estimate of drug-likeness (QED) is 0.255. The lowest BCUT2D eigenvalue weighted by Crippen LogP contribution is -2.10. The number of esters is 1. The number of carbonyl (C=O) groups excluding carboxylic acids is 1. The summed E-state index contributed by atoms with van der Waals surface area (Å²) in [5.74, 6) is 0.179. The highest BCUT2D eigenvalue weighted by Crippen LogP contribution is 2.14. The van der Waals surface area contributed by atoms with Crippen molar-refractivity contribution in [3.05, 3.63) is 75.8 Å². The van der Waals surface area contributed by atoms with Gasteiger partial charge in [0.1, 0.15) is 19.0 Å². The second kappa shape index (κ2) is 8.47. The van der Waals surface area contributed by atoms with Crippen molar-refractivity contribution < 1.29 is 19.2 Å². The normalized spacial score (nSPS) is 10.5. The van der Waals surface area contributed by atoms with Gasteiger partial charge in [-0.15, -0.1) is 0 Å². The molecule has 6 nitrogen and oxygen atoms in total. The van der Waals surface area contributed by atoms with E-state index in [9.17, 15) is 14.9 Å². The Kier molecular flexibility index (Phi) is 6.08. The van der Waals surface area contributed by atoms with Crippen molar-refractivity contribution in [3.8, 4) is 5.75 Å². The third-order valence-corrected chi connectivity index (χ3v) is 3.11. The summed E-state index contributed by atoms with van der Waals surface area (Å²) < 4.78 is 10.4. The summed E-state index contributed by atoms with van der Waals surface area (Å²) in [5, 5.41) is 10.7. The van der Waals surface area contributed by atoms with E-state index >= 15 is 0 Å². The number of hydrogen-bond donors (Lipinski definition) is 0. The van der Waals surface area contributed by atoms with Gasteiger partial charge in [-0.3, -0.25) is 10.1 Å². The van der Waals surface area contributed by atoms with Gasteiger partial charge in [-0.2, -0.15) is 0 Å². The molecule has 0 N–H and O–H groups in total. The van der Waals surface area contributed by atoms with Crippen molar-refractivity contribution in [2.45, 2.75) is 6.92 Å². The number of hydrogen-bond acceptors (Lipinski definition) is 5. The van der Waals surface area contributed by atoms with Crippen LogP contribution in [0.3, 0.4) is 0 Å². The van der Waals surface area contributed by atoms with Gasteiger partial charge in [-0.1, -0.05) is 29.8 Å². The predicted octanol–water partition coefficient (Wildman–Crippen LogP) is 3.54. The molecule has 2 aromatic rings. The maximum atomic E-state index is 11.6. The highest BCUT2D eigenvalue weighted by molar-refractivity contribution is 5.87. The minimum Gasteiger partial charge on any atom is -0.490 e. The van der Waals surface area contributed by atoms with Crippen molar-refractivity contribution in [3.63, 3.8) is 0 Å². The van der Waals surface area contributed by atoms with Gasteiger partial charge in [0.15, 0.2) is 0 Å². The van der Waals surface area contributed by atoms with Crippen molar-refractivity contribution in [1.82, 2.24) is 0 Å². The zero-order valence-corrected chi connectivity index (χ0v) is 13.2. The molecule has 24 heavy (non-hydrogen) atoms. The zero-order valence-electron chi connectivity index (χ0n) is 13.2. The van der Waals surface area contributed by atoms with Crippen LogP contribution in [0.25, 0.3) is 6.08 Å². The van der Waals surface area contributed by atoms with Crippen LogP contribution < -0.4 is 4.74 Å². The lowest BCUT2D eigenvalue weighted by atomic mass is 10.2. The molecule has 0 bridgehead atoms. The lowest BCUT2D eigenvalue weighted by molar-refractivity contribution is -0.384. The van der Waals surface area contributed by atoms with E-state index in [2.05, 4.69) is 0 Å². The molecule has 0 saturated heterocycles. The Morgan fingerprint density at radius 2 is 1.92 bits per heavy atom. The summed E-state index contributed by atoms with van der Waals surface area (Å²) in [6.07, 6.45) is 2.70. The van der Waals surface area contributed by atoms with Crippen LogP contribution in [0.5, 0.6) is 5.75 Å². The molecule has 0 heterocycles. The molecule has 2 aromatic carbocycles. The molecular weight excluding hydrogens is 310 g/mol. The minimum atomic E-state index is -0.533. The van der Waals surface area contributed by atoms with Crippen LogP contribution in [0.2, 0.25) is 0 Å². The number of nitro groups is 1. The molecule has 0 spiro atoms. The van der Waals surface area contributed by atoms with Crippen LogP contribution in [-0.4, -0.2) is 24.1 Å². The first-order valence-corrected chi connectivity index (χ1v) is 7.33. The van der Waals surface area contributed by atoms with Gasteiger partial charge in [-0.25, -0.2) is 4.79 Å². The van der Waals surface area contributed by atoms with Crippen LogP contribution in [0.1, 0.15) is 11.1 Å². The predicted molar refractivity (Wildman–Crippen MR) is 89.8 cm³/mol. The molecular formula is C18H17NO5. The van der Waals surface area contributed by atoms with Gasteiger partial charge in [-0.05, 0) is 30.7 Å². The van der Waals surface area contributed by atoms with Crippen molar-refractivity contribution in [2.24, 2.45) is 0 Å². The highest BCUT2D eigenvalue weighted by atomic mass is 16.6. The Morgan fingerprint density at radius 3 is 2.62 bits per heavy atom. The van der Waals surface area contributed by atoms with Crippen LogP contribution >= 0.6 is 0 Å². The molecule has 124 valence electrons. The number of aryl methyl sites for hydroxylation is 1. The van der Waals surface area contributed by atoms with Crippen LogP contribution in [0.4, 0.5) is 5.69 Å². The average molecular weight is 327 g/mol. The first-order valence-electron chi connectivity index (χ1n) is 7.33. The van der Waals surface area contributed by atoms with Crippen molar-refractivity contribution >= 4 is 17.7 Å². The first kappa shape index (κ1) is 17.2. The fourth-order valence-corrected chi connectivity index (χ4v) is 1.89. The molecule has 2 rings (SSSR count). The Labute approximate surface area is 139 Å². The molecule has 0 unspecified atom stereocenters. The third kappa shape index (κ3) is 5.57. The Balaban J connectivity index is 1.75. The summed E-state index contributed by atoms with van der Waals surface area (Å²) in [6, 6.07) is 13.5. The maximum absolute atomic E-state index is 11.6. The van der Waals surface area contributed by atoms with Gasteiger partial charge in [0.25, 0.3) is 5.69 Å². The molecule has 0 radical (unpaired) electrons. The minimum absolute atomic E-state index is 0.0305. The molecule has 0 aliphatic heterocycles. The largest absolute Gasteiger partial charge is 0.490 e. The fourth-order valence-electron chi connectivity index (χ4n) is 1.89. The second-order valence-electron chi connectivity index (χ2n) is 5.01. The van der Waals surface area contributed by atoms with E-state index in [0.717, 1.165) is 5.56 Å². The van der Waals surface area contributed by atoms with E-state index in [1.807, 2.05) is 31.2 Å². The number of benzene rings is 2. The van der Waals surface area contributed by atoms with E-state index in [1.54, 1.807) is 12.1 Å². The molecule has 0 amide bonds. The number of nitro benzene ring substituents is 1. The number of ether oxygens (including phenoxy) is 2. The van der Waals surface area contributed by atoms with E-state index in [-0.39, 0.29) is 18.9 Å². The van der Waals surface area contributed by atoms with E-state index in [1.165, 1.54) is 24.3 Å². The molecule has 0 aliphatic carbocycles. The first-order chi connectivity index (χ1) is 11.5. The number of nitrogens with zero attached hydrogens (tertiary/aromatic N) is 1. The van der Waals surface area contributed by atoms with Crippen molar-refractivity contribution in [2.75, 3.05) is 13.2 Å². The zero-order chi connectivity index (χ0) is 17.4. The summed E-state index contributed by atoms with van der Waals surface area (Å²) in [4.78, 5) is 21.8. The van der Waals surface area contributed by atoms with E-state index < -0.39 is 10.9 Å². The molecule has 0 atom stereocenters. The monoisotopic (exact) mass is 327 g/mol. The second-order valence-corrected chi connectivity index (χ2v) is 5.01. The topological polar surface area (TPSA) is 78.7 Å². The van der Waals surface area contributed by atoms with Gasteiger partial charge in [0.2, 0.25) is 0 Å². The van der Waals surface area contributed by atoms with Gasteiger partial charge in [0.05, 0.1) is 4.92 Å². The molecule has 0 aliphatic rings. The van der Waals surface area contributed by atoms with Gasteiger partial charge >= 0.3 is 5.97 Å². The summed E-state index contributed by atoms with van der Waals surface area (Å²) in [7, 11) is 0. The SMILES string of the molecule is Cc1ccc(OCCOC(=O)/C=C/c2cccc([N+](=O)[O-])c2)cc1. The highest BCUT2D eigenvalue weighted by Gasteiger charge is 2.04. The van der Waals surface area contributed by atoms with Crippen molar-refractivity contribution in [1.29, 1.82) is 0 Å². The summed E-state index contributed by atoms with van der Waals surface area (Å²) >= 11 is 0.